The van der Waals surface area contributed by atoms with Crippen molar-refractivity contribution in [2.75, 3.05) is 0 Å². The van der Waals surface area contributed by atoms with Crippen molar-refractivity contribution >= 4 is 22.8 Å². The van der Waals surface area contributed by atoms with Gasteiger partial charge in [0.25, 0.3) is 5.56 Å². The molecule has 2 heterocycles. The van der Waals surface area contributed by atoms with E-state index in [2.05, 4.69) is 34.1 Å². The number of hydrogen-bond acceptors (Lipinski definition) is 4. The van der Waals surface area contributed by atoms with Crippen LogP contribution in [0.5, 0.6) is 0 Å². The summed E-state index contributed by atoms with van der Waals surface area (Å²) in [7, 11) is 0. The molecule has 4 rings (SSSR count). The number of para-hydroxylation sites is 1. The van der Waals surface area contributed by atoms with Crippen LogP contribution in [-0.2, 0) is 5.75 Å². The predicted molar refractivity (Wildman–Crippen MR) is 100 cm³/mol. The summed E-state index contributed by atoms with van der Waals surface area (Å²) in [5.41, 5.74) is 3.74. The van der Waals surface area contributed by atoms with Crippen LogP contribution in [0, 0.1) is 6.92 Å². The van der Waals surface area contributed by atoms with Crippen LogP contribution in [0.25, 0.3) is 16.7 Å². The Bertz CT molecular complexity index is 1090. The van der Waals surface area contributed by atoms with Crippen molar-refractivity contribution in [1.82, 2.24) is 19.7 Å². The van der Waals surface area contributed by atoms with Crippen LogP contribution >= 0.6 is 11.8 Å². The van der Waals surface area contributed by atoms with Crippen molar-refractivity contribution in [3.8, 4) is 5.69 Å². The molecule has 0 saturated heterocycles. The maximum atomic E-state index is 12.4. The average Bonchev–Trinajstić information content (AvgIpc) is 3.06. The third-order valence-electron chi connectivity index (χ3n) is 4.04. The van der Waals surface area contributed by atoms with E-state index in [0.29, 0.717) is 16.2 Å². The molecule has 0 bridgehead atoms. The zero-order valence-electron chi connectivity index (χ0n) is 13.6. The van der Waals surface area contributed by atoms with Crippen LogP contribution < -0.4 is 5.56 Å². The normalized spacial score (nSPS) is 11.1. The van der Waals surface area contributed by atoms with E-state index in [4.69, 9.17) is 0 Å². The lowest BCUT2D eigenvalue weighted by atomic mass is 10.1. The number of benzene rings is 2. The van der Waals surface area contributed by atoms with Crippen molar-refractivity contribution in [3.05, 3.63) is 82.3 Å². The summed E-state index contributed by atoms with van der Waals surface area (Å²) < 4.78 is 1.70. The number of aromatic amines is 1. The molecule has 6 heteroatoms. The quantitative estimate of drug-likeness (QED) is 0.451. The smallest absolute Gasteiger partial charge is 0.262 e. The zero-order valence-corrected chi connectivity index (χ0v) is 14.5. The van der Waals surface area contributed by atoms with E-state index < -0.39 is 0 Å². The van der Waals surface area contributed by atoms with E-state index in [-0.39, 0.29) is 5.56 Å². The summed E-state index contributed by atoms with van der Waals surface area (Å²) in [6.45, 7) is 2.08. The van der Waals surface area contributed by atoms with Gasteiger partial charge in [-0.05, 0) is 30.2 Å². The van der Waals surface area contributed by atoms with E-state index >= 15 is 0 Å². The largest absolute Gasteiger partial charge is 0.301 e. The molecule has 1 N–H and O–H groups in total. The van der Waals surface area contributed by atoms with E-state index in [9.17, 15) is 4.79 Å². The molecule has 0 unspecified atom stereocenters. The fourth-order valence-electron chi connectivity index (χ4n) is 2.64. The highest BCUT2D eigenvalue weighted by molar-refractivity contribution is 7.98. The highest BCUT2D eigenvalue weighted by atomic mass is 32.2. The molecular formula is C19H16N4OS. The number of rotatable bonds is 4. The van der Waals surface area contributed by atoms with Gasteiger partial charge in [-0.3, -0.25) is 4.79 Å². The van der Waals surface area contributed by atoms with Crippen molar-refractivity contribution in [1.29, 1.82) is 0 Å². The Kier molecular flexibility index (Phi) is 4.11. The molecule has 124 valence electrons. The average molecular weight is 348 g/mol. The molecule has 0 fully saturated rings. The molecule has 4 aromatic rings. The van der Waals surface area contributed by atoms with Crippen molar-refractivity contribution in [2.24, 2.45) is 0 Å². The predicted octanol–water partition coefficient (Wildman–Crippen LogP) is 3.71. The van der Waals surface area contributed by atoms with Gasteiger partial charge >= 0.3 is 0 Å². The lowest BCUT2D eigenvalue weighted by Crippen LogP contribution is -2.09. The van der Waals surface area contributed by atoms with Crippen LogP contribution in [-0.4, -0.2) is 19.7 Å². The Balaban J connectivity index is 1.71. The van der Waals surface area contributed by atoms with E-state index in [1.54, 1.807) is 10.9 Å². The fraction of sp³-hybridized carbons (Fsp3) is 0.105. The Morgan fingerprint density at radius 1 is 1.08 bits per heavy atom. The summed E-state index contributed by atoms with van der Waals surface area (Å²) >= 11 is 1.52. The van der Waals surface area contributed by atoms with Crippen molar-refractivity contribution < 1.29 is 0 Å². The van der Waals surface area contributed by atoms with Gasteiger partial charge in [-0.2, -0.15) is 5.10 Å². The van der Waals surface area contributed by atoms with Crippen LogP contribution in [0.1, 0.15) is 11.1 Å². The monoisotopic (exact) mass is 348 g/mol. The minimum atomic E-state index is -0.167. The standard InChI is InChI=1S/C19H16N4OS/c1-13-7-5-6-8-14(13)12-25-19-21-17-16(18(24)22-19)11-20-23(17)15-9-3-2-4-10-15/h2-11H,12H2,1H3,(H,21,22,24). The molecule has 0 radical (unpaired) electrons. The molecule has 0 saturated carbocycles. The molecule has 0 amide bonds. The molecule has 25 heavy (non-hydrogen) atoms. The molecule has 0 aliphatic carbocycles. The first-order valence-corrected chi connectivity index (χ1v) is 8.92. The highest BCUT2D eigenvalue weighted by Gasteiger charge is 2.12. The molecular weight excluding hydrogens is 332 g/mol. The Labute approximate surface area is 148 Å². The van der Waals surface area contributed by atoms with Crippen LogP contribution in [0.4, 0.5) is 0 Å². The first-order chi connectivity index (χ1) is 12.2. The van der Waals surface area contributed by atoms with Crippen molar-refractivity contribution in [3.63, 3.8) is 0 Å². The van der Waals surface area contributed by atoms with Gasteiger partial charge in [-0.15, -0.1) is 0 Å². The first kappa shape index (κ1) is 15.7. The molecule has 2 aromatic heterocycles. The molecule has 5 nitrogen and oxygen atoms in total. The van der Waals surface area contributed by atoms with E-state index in [0.717, 1.165) is 11.4 Å². The summed E-state index contributed by atoms with van der Waals surface area (Å²) in [4.78, 5) is 19.8. The number of thioether (sulfide) groups is 1. The molecule has 0 spiro atoms. The fourth-order valence-corrected chi connectivity index (χ4v) is 3.57. The number of hydrogen-bond donors (Lipinski definition) is 1. The lowest BCUT2D eigenvalue weighted by molar-refractivity contribution is 0.873. The number of nitrogens with zero attached hydrogens (tertiary/aromatic N) is 3. The minimum Gasteiger partial charge on any atom is -0.301 e. The summed E-state index contributed by atoms with van der Waals surface area (Å²) in [6.07, 6.45) is 1.56. The number of aryl methyl sites for hydroxylation is 1. The second-order valence-corrected chi connectivity index (χ2v) is 6.68. The zero-order chi connectivity index (χ0) is 17.2. The maximum absolute atomic E-state index is 12.4. The van der Waals surface area contributed by atoms with Gasteiger partial charge in [0, 0.05) is 5.75 Å². The topological polar surface area (TPSA) is 63.6 Å². The maximum Gasteiger partial charge on any atom is 0.262 e. The van der Waals surface area contributed by atoms with Crippen LogP contribution in [0.2, 0.25) is 0 Å². The summed E-state index contributed by atoms with van der Waals surface area (Å²) in [6, 6.07) is 17.9. The van der Waals surface area contributed by atoms with Crippen LogP contribution in [0.3, 0.4) is 0 Å². The van der Waals surface area contributed by atoms with Gasteiger partial charge in [0.2, 0.25) is 0 Å². The number of nitrogens with one attached hydrogen (secondary N) is 1. The van der Waals surface area contributed by atoms with Gasteiger partial charge in [0.1, 0.15) is 5.39 Å². The number of H-pyrrole nitrogens is 1. The van der Waals surface area contributed by atoms with Crippen LogP contribution in [0.15, 0.2) is 70.7 Å². The molecule has 2 aromatic carbocycles. The van der Waals surface area contributed by atoms with Gasteiger partial charge in [0.15, 0.2) is 10.8 Å². The molecule has 0 aliphatic rings. The summed E-state index contributed by atoms with van der Waals surface area (Å²) in [5, 5.41) is 5.41. The highest BCUT2D eigenvalue weighted by Crippen LogP contribution is 2.22. The Morgan fingerprint density at radius 3 is 2.64 bits per heavy atom. The van der Waals surface area contributed by atoms with E-state index in [1.807, 2.05) is 42.5 Å². The molecule has 0 atom stereocenters. The number of fused-ring (bicyclic) bond motifs is 1. The second kappa shape index (κ2) is 6.57. The Morgan fingerprint density at radius 2 is 1.84 bits per heavy atom. The second-order valence-electron chi connectivity index (χ2n) is 5.72. The van der Waals surface area contributed by atoms with Crippen molar-refractivity contribution in [2.45, 2.75) is 17.8 Å². The van der Waals surface area contributed by atoms with Gasteiger partial charge in [0.05, 0.1) is 11.9 Å². The lowest BCUT2D eigenvalue weighted by Gasteiger charge is -2.06. The SMILES string of the molecule is Cc1ccccc1CSc1nc2c(cnn2-c2ccccc2)c(=O)[nH]1. The van der Waals surface area contributed by atoms with E-state index in [1.165, 1.54) is 22.9 Å². The molecule has 0 aliphatic heterocycles. The van der Waals surface area contributed by atoms with Gasteiger partial charge in [-0.1, -0.05) is 54.2 Å². The third-order valence-corrected chi connectivity index (χ3v) is 4.96. The van der Waals surface area contributed by atoms with Gasteiger partial charge in [-0.25, -0.2) is 9.67 Å². The number of aromatic nitrogens is 4. The Hall–Kier alpha value is -2.86. The van der Waals surface area contributed by atoms with Gasteiger partial charge < -0.3 is 4.98 Å². The summed E-state index contributed by atoms with van der Waals surface area (Å²) in [5.74, 6) is 0.751. The minimum absolute atomic E-state index is 0.167. The third kappa shape index (κ3) is 3.08. The first-order valence-electron chi connectivity index (χ1n) is 7.93.